The van der Waals surface area contributed by atoms with Gasteiger partial charge in [0.2, 0.25) is 0 Å². The zero-order valence-electron chi connectivity index (χ0n) is 14.1. The summed E-state index contributed by atoms with van der Waals surface area (Å²) in [6.45, 7) is 4.13. The van der Waals surface area contributed by atoms with E-state index in [0.717, 1.165) is 11.3 Å². The van der Waals surface area contributed by atoms with Crippen molar-refractivity contribution in [1.82, 2.24) is 0 Å². The molecule has 0 unspecified atom stereocenters. The Morgan fingerprint density at radius 3 is 2.46 bits per heavy atom. The van der Waals surface area contributed by atoms with Crippen LogP contribution in [0.15, 0.2) is 54.6 Å². The number of aliphatic hydroxyl groups is 1. The predicted octanol–water partition coefficient (Wildman–Crippen LogP) is 3.24. The monoisotopic (exact) mass is 325 g/mol. The van der Waals surface area contributed by atoms with E-state index in [1.165, 1.54) is 5.56 Å². The molecule has 1 aliphatic heterocycles. The van der Waals surface area contributed by atoms with E-state index in [1.807, 2.05) is 42.2 Å². The third-order valence-electron chi connectivity index (χ3n) is 4.51. The summed E-state index contributed by atoms with van der Waals surface area (Å²) in [6.07, 6.45) is -0.253. The average Bonchev–Trinajstić information content (AvgIpc) is 2.94. The molecule has 0 aromatic heterocycles. The van der Waals surface area contributed by atoms with Gasteiger partial charge in [0.15, 0.2) is 6.04 Å². The van der Waals surface area contributed by atoms with E-state index in [2.05, 4.69) is 24.3 Å². The average molecular weight is 325 g/mol. The number of aliphatic hydroxyl groups excluding tert-OH is 1. The van der Waals surface area contributed by atoms with Crippen LogP contribution < -0.4 is 4.90 Å². The Hall–Kier alpha value is -2.33. The van der Waals surface area contributed by atoms with Crippen molar-refractivity contribution in [3.05, 3.63) is 65.7 Å². The van der Waals surface area contributed by atoms with Gasteiger partial charge in [-0.25, -0.2) is 4.79 Å². The van der Waals surface area contributed by atoms with E-state index in [9.17, 15) is 9.90 Å². The molecule has 3 rings (SSSR count). The quantitative estimate of drug-likeness (QED) is 0.877. The number of esters is 1. The summed E-state index contributed by atoms with van der Waals surface area (Å²) in [5.74, 6) is -0.372. The minimum atomic E-state index is -0.754. The standard InChI is InChI=1S/C20H23NO3/c1-3-24-20(23)19-18(22)13-17(15-11-9-14(2)10-12-15)21(19)16-7-5-4-6-8-16/h4-12,17-19,22H,3,13H2,1-2H3/t17-,18-,19+/m1/s1. The van der Waals surface area contributed by atoms with E-state index >= 15 is 0 Å². The fourth-order valence-corrected chi connectivity index (χ4v) is 3.37. The minimum Gasteiger partial charge on any atom is -0.464 e. The topological polar surface area (TPSA) is 49.8 Å². The molecular weight excluding hydrogens is 302 g/mol. The van der Waals surface area contributed by atoms with E-state index in [-0.39, 0.29) is 12.0 Å². The predicted molar refractivity (Wildman–Crippen MR) is 93.9 cm³/mol. The molecule has 0 aliphatic carbocycles. The van der Waals surface area contributed by atoms with Crippen molar-refractivity contribution in [2.75, 3.05) is 11.5 Å². The van der Waals surface area contributed by atoms with Crippen LogP contribution in [-0.2, 0) is 9.53 Å². The van der Waals surface area contributed by atoms with Crippen molar-refractivity contribution in [2.24, 2.45) is 0 Å². The van der Waals surface area contributed by atoms with Crippen LogP contribution in [0.4, 0.5) is 5.69 Å². The number of nitrogens with zero attached hydrogens (tertiary/aromatic N) is 1. The second-order valence-electron chi connectivity index (χ2n) is 6.17. The van der Waals surface area contributed by atoms with Gasteiger partial charge in [0.1, 0.15) is 0 Å². The molecule has 1 heterocycles. The summed E-state index contributed by atoms with van der Waals surface area (Å²) in [4.78, 5) is 14.4. The Bertz CT molecular complexity index is 684. The highest BCUT2D eigenvalue weighted by Crippen LogP contribution is 2.40. The number of hydrogen-bond donors (Lipinski definition) is 1. The first kappa shape index (κ1) is 16.5. The maximum absolute atomic E-state index is 12.4. The van der Waals surface area contributed by atoms with Crippen molar-refractivity contribution in [1.29, 1.82) is 0 Å². The van der Waals surface area contributed by atoms with Gasteiger partial charge in [-0.05, 0) is 31.5 Å². The summed E-state index contributed by atoms with van der Waals surface area (Å²) < 4.78 is 5.21. The number of carbonyl (C=O) groups is 1. The number of aryl methyl sites for hydroxylation is 1. The Kier molecular flexibility index (Phi) is 4.86. The van der Waals surface area contributed by atoms with Gasteiger partial charge in [0.25, 0.3) is 0 Å². The van der Waals surface area contributed by atoms with Crippen LogP contribution >= 0.6 is 0 Å². The van der Waals surface area contributed by atoms with Crippen molar-refractivity contribution in [3.8, 4) is 0 Å². The van der Waals surface area contributed by atoms with Crippen molar-refractivity contribution >= 4 is 11.7 Å². The van der Waals surface area contributed by atoms with Crippen LogP contribution in [0.3, 0.4) is 0 Å². The second-order valence-corrected chi connectivity index (χ2v) is 6.17. The Labute approximate surface area is 142 Å². The van der Waals surface area contributed by atoms with Gasteiger partial charge in [0.05, 0.1) is 18.8 Å². The first-order valence-corrected chi connectivity index (χ1v) is 8.36. The van der Waals surface area contributed by atoms with Crippen LogP contribution in [0.1, 0.15) is 30.5 Å². The highest BCUT2D eigenvalue weighted by molar-refractivity contribution is 5.82. The second kappa shape index (κ2) is 7.05. The number of para-hydroxylation sites is 1. The smallest absolute Gasteiger partial charge is 0.331 e. The fourth-order valence-electron chi connectivity index (χ4n) is 3.37. The number of anilines is 1. The maximum Gasteiger partial charge on any atom is 0.331 e. The van der Waals surface area contributed by atoms with Gasteiger partial charge >= 0.3 is 5.97 Å². The van der Waals surface area contributed by atoms with Crippen LogP contribution in [0.5, 0.6) is 0 Å². The Balaban J connectivity index is 2.01. The van der Waals surface area contributed by atoms with Crippen LogP contribution in [0.2, 0.25) is 0 Å². The van der Waals surface area contributed by atoms with Crippen LogP contribution in [0, 0.1) is 6.92 Å². The first-order valence-electron chi connectivity index (χ1n) is 8.36. The number of ether oxygens (including phenoxy) is 1. The molecule has 4 nitrogen and oxygen atoms in total. The molecule has 1 fully saturated rings. The van der Waals surface area contributed by atoms with E-state index in [4.69, 9.17) is 4.74 Å². The van der Waals surface area contributed by atoms with Gasteiger partial charge in [-0.2, -0.15) is 0 Å². The molecule has 1 saturated heterocycles. The number of benzene rings is 2. The molecule has 0 spiro atoms. The Morgan fingerprint density at radius 1 is 1.17 bits per heavy atom. The Morgan fingerprint density at radius 2 is 1.83 bits per heavy atom. The number of hydrogen-bond acceptors (Lipinski definition) is 4. The zero-order chi connectivity index (χ0) is 17.1. The lowest BCUT2D eigenvalue weighted by Crippen LogP contribution is -2.43. The molecule has 1 aliphatic rings. The van der Waals surface area contributed by atoms with Gasteiger partial charge < -0.3 is 14.7 Å². The molecular formula is C20H23NO3. The molecule has 24 heavy (non-hydrogen) atoms. The first-order chi connectivity index (χ1) is 11.6. The van der Waals surface area contributed by atoms with Crippen molar-refractivity contribution in [3.63, 3.8) is 0 Å². The summed E-state index contributed by atoms with van der Waals surface area (Å²) in [6, 6.07) is 17.3. The van der Waals surface area contributed by atoms with Crippen LogP contribution in [0.25, 0.3) is 0 Å². The molecule has 2 aromatic rings. The molecule has 0 radical (unpaired) electrons. The van der Waals surface area contributed by atoms with Crippen molar-refractivity contribution < 1.29 is 14.6 Å². The molecule has 2 aromatic carbocycles. The normalized spacial score (nSPS) is 23.3. The fraction of sp³-hybridized carbons (Fsp3) is 0.350. The molecule has 0 amide bonds. The van der Waals surface area contributed by atoms with E-state index in [0.29, 0.717) is 13.0 Å². The lowest BCUT2D eigenvalue weighted by atomic mass is 10.0. The third-order valence-corrected chi connectivity index (χ3v) is 4.51. The molecule has 4 heteroatoms. The molecule has 1 N–H and O–H groups in total. The van der Waals surface area contributed by atoms with Crippen LogP contribution in [-0.4, -0.2) is 29.8 Å². The maximum atomic E-state index is 12.4. The zero-order valence-corrected chi connectivity index (χ0v) is 14.1. The summed E-state index contributed by atoms with van der Waals surface area (Å²) in [5.41, 5.74) is 3.19. The van der Waals surface area contributed by atoms with Crippen molar-refractivity contribution in [2.45, 2.75) is 38.5 Å². The van der Waals surface area contributed by atoms with E-state index < -0.39 is 12.1 Å². The summed E-state index contributed by atoms with van der Waals surface area (Å²) in [5, 5.41) is 10.6. The molecule has 3 atom stereocenters. The highest BCUT2D eigenvalue weighted by atomic mass is 16.5. The molecule has 126 valence electrons. The van der Waals surface area contributed by atoms with Gasteiger partial charge in [-0.15, -0.1) is 0 Å². The highest BCUT2D eigenvalue weighted by Gasteiger charge is 2.46. The summed E-state index contributed by atoms with van der Waals surface area (Å²) >= 11 is 0. The van der Waals surface area contributed by atoms with Gasteiger partial charge in [-0.3, -0.25) is 0 Å². The third kappa shape index (κ3) is 3.15. The lowest BCUT2D eigenvalue weighted by molar-refractivity contribution is -0.146. The SMILES string of the molecule is CCOC(=O)[C@@H]1[C@H](O)C[C@H](c2ccc(C)cc2)N1c1ccccc1. The summed E-state index contributed by atoms with van der Waals surface area (Å²) in [7, 11) is 0. The minimum absolute atomic E-state index is 0.0580. The van der Waals surface area contributed by atoms with E-state index in [1.54, 1.807) is 6.92 Å². The number of rotatable bonds is 4. The molecule has 0 saturated carbocycles. The largest absolute Gasteiger partial charge is 0.464 e. The lowest BCUT2D eigenvalue weighted by Gasteiger charge is -2.31. The molecule has 0 bridgehead atoms. The van der Waals surface area contributed by atoms with Gasteiger partial charge in [0, 0.05) is 12.1 Å². The number of carbonyl (C=O) groups excluding carboxylic acids is 1. The van der Waals surface area contributed by atoms with Gasteiger partial charge in [-0.1, -0.05) is 48.0 Å².